The summed E-state index contributed by atoms with van der Waals surface area (Å²) in [5, 5.41) is 4.15. The van der Waals surface area contributed by atoms with Crippen molar-refractivity contribution in [3.05, 3.63) is 65.9 Å². The number of fused-ring (bicyclic) bond motifs is 1. The number of aromatic amines is 1. The van der Waals surface area contributed by atoms with Gasteiger partial charge in [0.05, 0.1) is 19.6 Å². The molecule has 6 heteroatoms. The molecule has 0 saturated carbocycles. The van der Waals surface area contributed by atoms with E-state index >= 15 is 0 Å². The van der Waals surface area contributed by atoms with Crippen LogP contribution in [-0.2, 0) is 22.7 Å². The summed E-state index contributed by atoms with van der Waals surface area (Å²) >= 11 is 0. The zero-order valence-corrected chi connectivity index (χ0v) is 16.5. The second-order valence-electron chi connectivity index (χ2n) is 7.46. The highest BCUT2D eigenvalue weighted by Crippen LogP contribution is 2.22. The number of methoxy groups -OCH3 is 1. The highest BCUT2D eigenvalue weighted by atomic mass is 16.5. The van der Waals surface area contributed by atoms with Crippen molar-refractivity contribution in [3.63, 3.8) is 0 Å². The van der Waals surface area contributed by atoms with Gasteiger partial charge >= 0.3 is 0 Å². The quantitative estimate of drug-likeness (QED) is 0.677. The minimum atomic E-state index is -0.192. The summed E-state index contributed by atoms with van der Waals surface area (Å²) in [7, 11) is 1.62. The molecule has 1 aliphatic rings. The van der Waals surface area contributed by atoms with Gasteiger partial charge in [-0.3, -0.25) is 9.59 Å². The van der Waals surface area contributed by atoms with Crippen LogP contribution in [-0.4, -0.2) is 35.4 Å². The Morgan fingerprint density at radius 1 is 1.21 bits per heavy atom. The number of H-pyrrole nitrogens is 1. The molecule has 2 amide bonds. The van der Waals surface area contributed by atoms with Crippen LogP contribution in [0, 0.1) is 5.92 Å². The Balaban J connectivity index is 1.36. The van der Waals surface area contributed by atoms with Gasteiger partial charge in [-0.25, -0.2) is 0 Å². The first-order valence-electron chi connectivity index (χ1n) is 9.87. The summed E-state index contributed by atoms with van der Waals surface area (Å²) in [6, 6.07) is 17.8. The highest BCUT2D eigenvalue weighted by molar-refractivity contribution is 5.84. The van der Waals surface area contributed by atoms with Gasteiger partial charge in [0, 0.05) is 30.7 Å². The zero-order valence-electron chi connectivity index (χ0n) is 16.5. The molecule has 0 unspecified atom stereocenters. The Kier molecular flexibility index (Phi) is 5.51. The lowest BCUT2D eigenvalue weighted by molar-refractivity contribution is -0.139. The van der Waals surface area contributed by atoms with Crippen LogP contribution in [0.2, 0.25) is 0 Å². The molecule has 3 aromatic rings. The number of amides is 2. The molecule has 1 aliphatic heterocycles. The monoisotopic (exact) mass is 391 g/mol. The SMILES string of the molecule is COc1cccc(CN2C[C@@H](C(=O)NCc3cc4ccccc4[nH]3)CCC2=O)c1. The lowest BCUT2D eigenvalue weighted by atomic mass is 9.96. The largest absolute Gasteiger partial charge is 0.497 e. The number of ether oxygens (including phenoxy) is 1. The number of carbonyl (C=O) groups excluding carboxylic acids is 2. The van der Waals surface area contributed by atoms with E-state index in [9.17, 15) is 9.59 Å². The fourth-order valence-corrected chi connectivity index (χ4v) is 3.83. The van der Waals surface area contributed by atoms with Gasteiger partial charge in [0.15, 0.2) is 0 Å². The maximum atomic E-state index is 12.7. The normalized spacial score (nSPS) is 16.8. The van der Waals surface area contributed by atoms with Gasteiger partial charge in [-0.15, -0.1) is 0 Å². The molecule has 2 aromatic carbocycles. The predicted molar refractivity (Wildman–Crippen MR) is 111 cm³/mol. The molecule has 4 rings (SSSR count). The molecule has 0 spiro atoms. The lowest BCUT2D eigenvalue weighted by Gasteiger charge is -2.32. The maximum Gasteiger partial charge on any atom is 0.225 e. The third kappa shape index (κ3) is 4.42. The van der Waals surface area contributed by atoms with Crippen molar-refractivity contribution in [1.29, 1.82) is 0 Å². The first-order chi connectivity index (χ1) is 14.1. The van der Waals surface area contributed by atoms with E-state index in [1.54, 1.807) is 12.0 Å². The number of para-hydroxylation sites is 1. The number of hydrogen-bond acceptors (Lipinski definition) is 3. The summed E-state index contributed by atoms with van der Waals surface area (Å²) in [5.41, 5.74) is 3.03. The Bertz CT molecular complexity index is 994. The van der Waals surface area contributed by atoms with Crippen LogP contribution in [0.4, 0.5) is 0 Å². The number of aromatic nitrogens is 1. The molecular formula is C23H25N3O3. The number of rotatable bonds is 6. The summed E-state index contributed by atoms with van der Waals surface area (Å²) in [6.45, 7) is 1.38. The van der Waals surface area contributed by atoms with E-state index in [0.717, 1.165) is 27.9 Å². The van der Waals surface area contributed by atoms with Gasteiger partial charge < -0.3 is 19.9 Å². The maximum absolute atomic E-state index is 12.7. The number of benzene rings is 2. The van der Waals surface area contributed by atoms with Gasteiger partial charge in [0.25, 0.3) is 0 Å². The van der Waals surface area contributed by atoms with Crippen molar-refractivity contribution in [2.45, 2.75) is 25.9 Å². The Hall–Kier alpha value is -3.28. The lowest BCUT2D eigenvalue weighted by Crippen LogP contribution is -2.45. The average Bonchev–Trinajstić information content (AvgIpc) is 3.17. The third-order valence-electron chi connectivity index (χ3n) is 5.42. The predicted octanol–water partition coefficient (Wildman–Crippen LogP) is 3.23. The summed E-state index contributed by atoms with van der Waals surface area (Å²) < 4.78 is 5.26. The first kappa shape index (κ1) is 19.1. The van der Waals surface area contributed by atoms with Crippen LogP contribution in [0.15, 0.2) is 54.6 Å². The van der Waals surface area contributed by atoms with Crippen LogP contribution in [0.1, 0.15) is 24.1 Å². The van der Waals surface area contributed by atoms with E-state index in [-0.39, 0.29) is 17.7 Å². The second-order valence-corrected chi connectivity index (χ2v) is 7.46. The molecule has 1 saturated heterocycles. The molecule has 0 radical (unpaired) electrons. The van der Waals surface area contributed by atoms with Crippen LogP contribution >= 0.6 is 0 Å². The Labute approximate surface area is 169 Å². The number of nitrogens with one attached hydrogen (secondary N) is 2. The number of nitrogens with zero attached hydrogens (tertiary/aromatic N) is 1. The summed E-state index contributed by atoms with van der Waals surface area (Å²) in [4.78, 5) is 30.2. The molecule has 2 heterocycles. The second kappa shape index (κ2) is 8.39. The molecule has 1 aromatic heterocycles. The van der Waals surface area contributed by atoms with Crippen molar-refractivity contribution in [1.82, 2.24) is 15.2 Å². The molecule has 29 heavy (non-hydrogen) atoms. The summed E-state index contributed by atoms with van der Waals surface area (Å²) in [5.74, 6) is 0.654. The van der Waals surface area contributed by atoms with Crippen LogP contribution in [0.5, 0.6) is 5.75 Å². The first-order valence-corrected chi connectivity index (χ1v) is 9.87. The fraction of sp³-hybridized carbons (Fsp3) is 0.304. The van der Waals surface area contributed by atoms with Crippen LogP contribution < -0.4 is 10.1 Å². The molecule has 1 atom stereocenters. The van der Waals surface area contributed by atoms with Crippen molar-refractivity contribution < 1.29 is 14.3 Å². The van der Waals surface area contributed by atoms with E-state index in [1.807, 2.05) is 48.5 Å². The van der Waals surface area contributed by atoms with E-state index in [1.165, 1.54) is 0 Å². The van der Waals surface area contributed by atoms with Crippen LogP contribution in [0.3, 0.4) is 0 Å². The topological polar surface area (TPSA) is 74.4 Å². The molecule has 150 valence electrons. The number of piperidine rings is 1. The minimum absolute atomic E-state index is 0.00759. The van der Waals surface area contributed by atoms with Gasteiger partial charge in [-0.2, -0.15) is 0 Å². The van der Waals surface area contributed by atoms with Gasteiger partial charge in [-0.1, -0.05) is 30.3 Å². The zero-order chi connectivity index (χ0) is 20.2. The molecule has 2 N–H and O–H groups in total. The summed E-state index contributed by atoms with van der Waals surface area (Å²) in [6.07, 6.45) is 0.987. The van der Waals surface area contributed by atoms with E-state index in [0.29, 0.717) is 32.5 Å². The van der Waals surface area contributed by atoms with Crippen molar-refractivity contribution in [2.75, 3.05) is 13.7 Å². The number of carbonyl (C=O) groups is 2. The van der Waals surface area contributed by atoms with Crippen molar-refractivity contribution >= 4 is 22.7 Å². The minimum Gasteiger partial charge on any atom is -0.497 e. The van der Waals surface area contributed by atoms with Gasteiger partial charge in [0.2, 0.25) is 11.8 Å². The number of hydrogen-bond donors (Lipinski definition) is 2. The molecule has 0 bridgehead atoms. The standard InChI is InChI=1S/C23H25N3O3/c1-29-20-7-4-5-16(11-20)14-26-15-18(9-10-22(26)27)23(28)24-13-19-12-17-6-2-3-8-21(17)25-19/h2-8,11-12,18,25H,9-10,13-15H2,1H3,(H,24,28)/t18-/m0/s1. The number of likely N-dealkylation sites (tertiary alicyclic amines) is 1. The van der Waals surface area contributed by atoms with Crippen molar-refractivity contribution in [2.24, 2.45) is 5.92 Å². The van der Waals surface area contributed by atoms with Gasteiger partial charge in [0.1, 0.15) is 5.75 Å². The fourth-order valence-electron chi connectivity index (χ4n) is 3.83. The smallest absolute Gasteiger partial charge is 0.225 e. The Morgan fingerprint density at radius 2 is 2.07 bits per heavy atom. The van der Waals surface area contributed by atoms with Gasteiger partial charge in [-0.05, 0) is 41.6 Å². The van der Waals surface area contributed by atoms with E-state index in [4.69, 9.17) is 4.74 Å². The molecular weight excluding hydrogens is 366 g/mol. The third-order valence-corrected chi connectivity index (χ3v) is 5.42. The van der Waals surface area contributed by atoms with Crippen LogP contribution in [0.25, 0.3) is 10.9 Å². The molecule has 6 nitrogen and oxygen atoms in total. The molecule has 1 fully saturated rings. The van der Waals surface area contributed by atoms with E-state index in [2.05, 4.69) is 16.4 Å². The highest BCUT2D eigenvalue weighted by Gasteiger charge is 2.30. The molecule has 0 aliphatic carbocycles. The Morgan fingerprint density at radius 3 is 2.90 bits per heavy atom. The average molecular weight is 391 g/mol. The van der Waals surface area contributed by atoms with E-state index < -0.39 is 0 Å². The van der Waals surface area contributed by atoms with Crippen molar-refractivity contribution in [3.8, 4) is 5.75 Å².